The Bertz CT molecular complexity index is 436. The smallest absolute Gasteiger partial charge is 0.188 e. The van der Waals surface area contributed by atoms with Gasteiger partial charge in [0.05, 0.1) is 19.3 Å². The third kappa shape index (κ3) is 2.53. The molecular weight excluding hydrogens is 232 g/mol. The maximum Gasteiger partial charge on any atom is 0.188 e. The number of hydrogen-bond acceptors (Lipinski definition) is 5. The van der Waals surface area contributed by atoms with Crippen LogP contribution in [0.2, 0.25) is 0 Å². The monoisotopic (exact) mass is 250 g/mol. The number of morpholine rings is 1. The van der Waals surface area contributed by atoms with E-state index in [0.717, 1.165) is 31.9 Å². The van der Waals surface area contributed by atoms with E-state index in [-0.39, 0.29) is 5.84 Å². The van der Waals surface area contributed by atoms with E-state index in [2.05, 4.69) is 22.0 Å². The summed E-state index contributed by atoms with van der Waals surface area (Å²) in [6, 6.07) is 4.13. The van der Waals surface area contributed by atoms with Gasteiger partial charge in [0.25, 0.3) is 0 Å². The summed E-state index contributed by atoms with van der Waals surface area (Å²) in [6.45, 7) is 4.44. The molecule has 98 valence electrons. The number of ether oxygens (including phenoxy) is 1. The molecule has 0 aromatic carbocycles. The lowest BCUT2D eigenvalue weighted by molar-refractivity contribution is 0.0930. The summed E-state index contributed by atoms with van der Waals surface area (Å²) >= 11 is 0. The van der Waals surface area contributed by atoms with Crippen LogP contribution in [0.3, 0.4) is 0 Å². The molecule has 1 saturated heterocycles. The molecule has 6 nitrogen and oxygen atoms in total. The van der Waals surface area contributed by atoms with Crippen molar-refractivity contribution in [3.05, 3.63) is 24.0 Å². The quantitative estimate of drug-likeness (QED) is 0.358. The van der Waals surface area contributed by atoms with Gasteiger partial charge in [-0.25, -0.2) is 0 Å². The number of oxime groups is 1. The Morgan fingerprint density at radius 1 is 1.72 bits per heavy atom. The van der Waals surface area contributed by atoms with Gasteiger partial charge < -0.3 is 20.6 Å². The minimum atomic E-state index is 0.0261. The Morgan fingerprint density at radius 3 is 3.28 bits per heavy atom. The first-order chi connectivity index (χ1) is 8.76. The van der Waals surface area contributed by atoms with Crippen molar-refractivity contribution < 1.29 is 9.94 Å². The van der Waals surface area contributed by atoms with Gasteiger partial charge in [0, 0.05) is 18.4 Å². The van der Waals surface area contributed by atoms with Crippen LogP contribution in [-0.4, -0.2) is 41.8 Å². The third-order valence-corrected chi connectivity index (χ3v) is 3.14. The lowest BCUT2D eigenvalue weighted by atomic mass is 10.1. The molecule has 18 heavy (non-hydrogen) atoms. The van der Waals surface area contributed by atoms with Crippen LogP contribution in [0.4, 0.5) is 5.69 Å². The van der Waals surface area contributed by atoms with Crippen LogP contribution in [0.15, 0.2) is 23.5 Å². The van der Waals surface area contributed by atoms with Crippen molar-refractivity contribution in [2.75, 3.05) is 24.7 Å². The lowest BCUT2D eigenvalue weighted by Crippen LogP contribution is -2.45. The highest BCUT2D eigenvalue weighted by molar-refractivity contribution is 5.95. The van der Waals surface area contributed by atoms with Crippen molar-refractivity contribution in [3.8, 4) is 0 Å². The molecule has 0 aliphatic carbocycles. The normalized spacial score (nSPS) is 21.1. The molecule has 1 unspecified atom stereocenters. The first-order valence-electron chi connectivity index (χ1n) is 6.04. The largest absolute Gasteiger partial charge is 0.409 e. The number of amidine groups is 1. The van der Waals surface area contributed by atoms with Gasteiger partial charge in [0.15, 0.2) is 5.84 Å². The van der Waals surface area contributed by atoms with E-state index in [1.807, 2.05) is 12.1 Å². The predicted octanol–water partition coefficient (Wildman–Crippen LogP) is 0.791. The van der Waals surface area contributed by atoms with E-state index in [1.54, 1.807) is 6.20 Å². The summed E-state index contributed by atoms with van der Waals surface area (Å²) in [5, 5.41) is 11.6. The Morgan fingerprint density at radius 2 is 2.56 bits per heavy atom. The van der Waals surface area contributed by atoms with Crippen LogP contribution in [0.25, 0.3) is 0 Å². The maximum atomic E-state index is 8.68. The summed E-state index contributed by atoms with van der Waals surface area (Å²) in [6.07, 6.45) is 2.69. The first kappa shape index (κ1) is 12.6. The van der Waals surface area contributed by atoms with Crippen molar-refractivity contribution in [1.29, 1.82) is 0 Å². The summed E-state index contributed by atoms with van der Waals surface area (Å²) < 4.78 is 5.48. The van der Waals surface area contributed by atoms with Crippen LogP contribution in [-0.2, 0) is 4.74 Å². The number of pyridine rings is 1. The number of rotatable bonds is 3. The molecule has 6 heteroatoms. The fourth-order valence-corrected chi connectivity index (χ4v) is 2.12. The van der Waals surface area contributed by atoms with Crippen LogP contribution >= 0.6 is 0 Å². The second-order valence-corrected chi connectivity index (χ2v) is 4.21. The van der Waals surface area contributed by atoms with E-state index in [9.17, 15) is 0 Å². The van der Waals surface area contributed by atoms with Crippen LogP contribution in [0.1, 0.15) is 19.0 Å². The van der Waals surface area contributed by atoms with E-state index < -0.39 is 0 Å². The Hall–Kier alpha value is -1.82. The SMILES string of the molecule is CCC1COCCN1c1ccnc(C(N)=NO)c1. The predicted molar refractivity (Wildman–Crippen MR) is 69.0 cm³/mol. The first-order valence-corrected chi connectivity index (χ1v) is 6.04. The lowest BCUT2D eigenvalue weighted by Gasteiger charge is -2.37. The van der Waals surface area contributed by atoms with Gasteiger partial charge in [-0.3, -0.25) is 4.98 Å². The highest BCUT2D eigenvalue weighted by Gasteiger charge is 2.22. The second-order valence-electron chi connectivity index (χ2n) is 4.21. The van der Waals surface area contributed by atoms with E-state index in [4.69, 9.17) is 15.7 Å². The van der Waals surface area contributed by atoms with Gasteiger partial charge in [-0.1, -0.05) is 12.1 Å². The zero-order valence-electron chi connectivity index (χ0n) is 10.4. The maximum absolute atomic E-state index is 8.68. The third-order valence-electron chi connectivity index (χ3n) is 3.14. The molecule has 1 fully saturated rings. The molecule has 2 heterocycles. The Kier molecular flexibility index (Phi) is 3.99. The van der Waals surface area contributed by atoms with Crippen molar-refractivity contribution in [1.82, 2.24) is 4.98 Å². The summed E-state index contributed by atoms with van der Waals surface area (Å²) in [5.74, 6) is 0.0261. The molecule has 1 aromatic heterocycles. The van der Waals surface area contributed by atoms with Crippen LogP contribution in [0, 0.1) is 0 Å². The number of nitrogens with two attached hydrogens (primary N) is 1. The molecule has 0 saturated carbocycles. The van der Waals surface area contributed by atoms with Gasteiger partial charge in [0.1, 0.15) is 5.69 Å². The highest BCUT2D eigenvalue weighted by atomic mass is 16.5. The average Bonchev–Trinajstić information content (AvgIpc) is 2.46. The minimum Gasteiger partial charge on any atom is -0.409 e. The molecule has 0 amide bonds. The van der Waals surface area contributed by atoms with Crippen molar-refractivity contribution in [2.24, 2.45) is 10.9 Å². The molecule has 1 aliphatic heterocycles. The molecule has 1 aromatic rings. The van der Waals surface area contributed by atoms with Crippen LogP contribution < -0.4 is 10.6 Å². The van der Waals surface area contributed by atoms with Gasteiger partial charge in [0.2, 0.25) is 0 Å². The molecule has 3 N–H and O–H groups in total. The van der Waals surface area contributed by atoms with E-state index in [0.29, 0.717) is 11.7 Å². The molecular formula is C12H18N4O2. The van der Waals surface area contributed by atoms with Crippen LogP contribution in [0.5, 0.6) is 0 Å². The molecule has 0 spiro atoms. The molecule has 0 bridgehead atoms. The van der Waals surface area contributed by atoms with Crippen molar-refractivity contribution in [2.45, 2.75) is 19.4 Å². The zero-order valence-corrected chi connectivity index (χ0v) is 10.4. The van der Waals surface area contributed by atoms with Gasteiger partial charge in [-0.2, -0.15) is 0 Å². The Balaban J connectivity index is 2.26. The average molecular weight is 250 g/mol. The topological polar surface area (TPSA) is 84.0 Å². The number of aromatic nitrogens is 1. The number of anilines is 1. The van der Waals surface area contributed by atoms with E-state index >= 15 is 0 Å². The Labute approximate surface area is 106 Å². The van der Waals surface area contributed by atoms with Crippen molar-refractivity contribution >= 4 is 11.5 Å². The molecule has 1 aliphatic rings. The van der Waals surface area contributed by atoms with Crippen molar-refractivity contribution in [3.63, 3.8) is 0 Å². The fourth-order valence-electron chi connectivity index (χ4n) is 2.12. The summed E-state index contributed by atoms with van der Waals surface area (Å²) in [4.78, 5) is 6.36. The molecule has 1 atom stereocenters. The van der Waals surface area contributed by atoms with E-state index in [1.165, 1.54) is 0 Å². The van der Waals surface area contributed by atoms with Gasteiger partial charge >= 0.3 is 0 Å². The van der Waals surface area contributed by atoms with Gasteiger partial charge in [-0.15, -0.1) is 0 Å². The zero-order chi connectivity index (χ0) is 13.0. The fraction of sp³-hybridized carbons (Fsp3) is 0.500. The number of nitrogens with zero attached hydrogens (tertiary/aromatic N) is 3. The molecule has 2 rings (SSSR count). The second kappa shape index (κ2) is 5.68. The number of hydrogen-bond donors (Lipinski definition) is 2. The standard InChI is InChI=1S/C12H18N4O2/c1-2-9-8-18-6-5-16(9)10-3-4-14-11(7-10)12(13)15-17/h3-4,7,9,17H,2,5-6,8H2,1H3,(H2,13,15). The highest BCUT2D eigenvalue weighted by Crippen LogP contribution is 2.21. The van der Waals surface area contributed by atoms with Gasteiger partial charge in [-0.05, 0) is 18.6 Å². The summed E-state index contributed by atoms with van der Waals surface area (Å²) in [5.41, 5.74) is 7.07. The molecule has 0 radical (unpaired) electrons. The minimum absolute atomic E-state index is 0.0261. The summed E-state index contributed by atoms with van der Waals surface area (Å²) in [7, 11) is 0.